The highest BCUT2D eigenvalue weighted by atomic mass is 31.2. The average molecular weight is 270 g/mol. The second-order valence-electron chi connectivity index (χ2n) is 2.74. The van der Waals surface area contributed by atoms with Crippen LogP contribution in [0.4, 0.5) is 13.2 Å². The van der Waals surface area contributed by atoms with E-state index in [1.54, 1.807) is 0 Å². The third kappa shape index (κ3) is 11.1. The maximum Gasteiger partial charge on any atom is 0.535 e. The molecule has 0 bridgehead atoms. The lowest BCUT2D eigenvalue weighted by atomic mass is 10.3. The van der Waals surface area contributed by atoms with Gasteiger partial charge in [0.1, 0.15) is 6.11 Å². The molecule has 0 aliphatic rings. The van der Waals surface area contributed by atoms with Gasteiger partial charge in [0.05, 0.1) is 13.0 Å². The molecule has 4 nitrogen and oxygen atoms in total. The van der Waals surface area contributed by atoms with Crippen LogP contribution in [-0.4, -0.2) is 17.7 Å². The van der Waals surface area contributed by atoms with E-state index in [-0.39, 0.29) is 6.42 Å². The van der Waals surface area contributed by atoms with Crippen LogP contribution in [0.25, 0.3) is 0 Å². The van der Waals surface area contributed by atoms with Gasteiger partial charge in [-0.05, 0) is 0 Å². The minimum absolute atomic E-state index is 0.249. The molecule has 8 heteroatoms. The molecule has 1 unspecified atom stereocenters. The quantitative estimate of drug-likeness (QED) is 0.473. The molecule has 0 heterocycles. The van der Waals surface area contributed by atoms with E-state index in [4.69, 9.17) is 11.3 Å². The molecule has 0 spiro atoms. The number of alkyl halides is 3. The topological polar surface area (TPSA) is 55.8 Å². The molecule has 1 atom stereocenters. The normalized spacial score (nSPS) is 14.1. The summed E-state index contributed by atoms with van der Waals surface area (Å²) < 4.78 is 54.1. The molecule has 96 valence electrons. The van der Waals surface area contributed by atoms with Gasteiger partial charge < -0.3 is 4.52 Å². The predicted octanol–water partition coefficient (Wildman–Crippen LogP) is 2.45. The average Bonchev–Trinajstić information content (AvgIpc) is 2.14. The zero-order valence-corrected chi connectivity index (χ0v) is 9.55. The van der Waals surface area contributed by atoms with Gasteiger partial charge in [-0.25, -0.2) is 4.57 Å². The van der Waals surface area contributed by atoms with Crippen LogP contribution in [-0.2, 0) is 13.6 Å². The van der Waals surface area contributed by atoms with Crippen molar-refractivity contribution in [1.29, 1.82) is 0 Å². The molecule has 0 saturated carbocycles. The molecule has 1 N–H and O–H groups in total. The fourth-order valence-corrected chi connectivity index (χ4v) is 1.13. The second kappa shape index (κ2) is 7.24. The molecule has 0 radical (unpaired) electrons. The van der Waals surface area contributed by atoms with Crippen molar-refractivity contribution < 1.29 is 31.7 Å². The van der Waals surface area contributed by atoms with Crippen molar-refractivity contribution in [3.05, 3.63) is 0 Å². The molecular weight excluding hydrogens is 260 g/mol. The van der Waals surface area contributed by atoms with Crippen LogP contribution in [0.1, 0.15) is 19.3 Å². The Bertz CT molecular complexity index is 374. The van der Waals surface area contributed by atoms with Gasteiger partial charge in [0.2, 0.25) is 0 Å². The third-order valence-corrected chi connectivity index (χ3v) is 2.10. The SMILES string of the molecule is C#CCCC#COP(=O)(O)OCCC(F)(F)F. The number of halogens is 3. The Hall–Kier alpha value is -1.14. The minimum atomic E-state index is -4.55. The predicted molar refractivity (Wildman–Crippen MR) is 53.4 cm³/mol. The van der Waals surface area contributed by atoms with Gasteiger partial charge in [-0.1, -0.05) is 5.92 Å². The van der Waals surface area contributed by atoms with E-state index in [1.165, 1.54) is 0 Å². The number of hydrogen-bond donors (Lipinski definition) is 1. The number of unbranched alkanes of at least 4 members (excludes halogenated alkanes) is 1. The Balaban J connectivity index is 3.91. The lowest BCUT2D eigenvalue weighted by Gasteiger charge is -2.09. The summed E-state index contributed by atoms with van der Waals surface area (Å²) >= 11 is 0. The van der Waals surface area contributed by atoms with Crippen LogP contribution in [0.15, 0.2) is 0 Å². The number of terminal acetylenes is 1. The number of phosphoric ester groups is 1. The summed E-state index contributed by atoms with van der Waals surface area (Å²) in [6, 6.07) is 0. The molecule has 17 heavy (non-hydrogen) atoms. The van der Waals surface area contributed by atoms with Crippen molar-refractivity contribution in [2.75, 3.05) is 6.61 Å². The zero-order valence-electron chi connectivity index (χ0n) is 8.66. The monoisotopic (exact) mass is 270 g/mol. The molecule has 0 aromatic rings. The zero-order chi connectivity index (χ0) is 13.4. The van der Waals surface area contributed by atoms with Crippen LogP contribution in [0, 0.1) is 24.4 Å². The van der Waals surface area contributed by atoms with Crippen LogP contribution < -0.4 is 0 Å². The molecule has 0 rings (SSSR count). The van der Waals surface area contributed by atoms with E-state index in [9.17, 15) is 17.7 Å². The lowest BCUT2D eigenvalue weighted by molar-refractivity contribution is -0.140. The first kappa shape index (κ1) is 15.9. The third-order valence-electron chi connectivity index (χ3n) is 1.27. The van der Waals surface area contributed by atoms with Gasteiger partial charge in [-0.2, -0.15) is 13.2 Å². The molecule has 0 aromatic heterocycles. The number of phosphoric acid groups is 1. The van der Waals surface area contributed by atoms with Gasteiger partial charge in [0, 0.05) is 12.8 Å². The van der Waals surface area contributed by atoms with Crippen LogP contribution >= 0.6 is 7.82 Å². The summed E-state index contributed by atoms with van der Waals surface area (Å²) in [5.41, 5.74) is 0. The fraction of sp³-hybridized carbons (Fsp3) is 0.556. The maximum absolute atomic E-state index is 11.7. The molecule has 0 fully saturated rings. The molecule has 0 saturated heterocycles. The summed E-state index contributed by atoms with van der Waals surface area (Å²) in [4.78, 5) is 8.87. The second-order valence-corrected chi connectivity index (χ2v) is 4.12. The first-order valence-corrected chi connectivity index (χ1v) is 5.90. The van der Waals surface area contributed by atoms with Gasteiger partial charge in [-0.3, -0.25) is 9.42 Å². The maximum atomic E-state index is 11.7. The molecule has 0 aliphatic heterocycles. The first-order valence-electron chi connectivity index (χ1n) is 4.41. The Morgan fingerprint density at radius 1 is 1.35 bits per heavy atom. The van der Waals surface area contributed by atoms with Crippen molar-refractivity contribution in [2.45, 2.75) is 25.4 Å². The van der Waals surface area contributed by atoms with E-state index in [2.05, 4.69) is 20.9 Å². The summed E-state index contributed by atoms with van der Waals surface area (Å²) in [7, 11) is -4.55. The smallest absolute Gasteiger partial charge is 0.350 e. The van der Waals surface area contributed by atoms with Crippen LogP contribution in [0.3, 0.4) is 0 Å². The summed E-state index contributed by atoms with van der Waals surface area (Å²) in [6.45, 7) is -0.969. The highest BCUT2D eigenvalue weighted by molar-refractivity contribution is 7.47. The molecule has 0 aliphatic carbocycles. The largest absolute Gasteiger partial charge is 0.535 e. The fourth-order valence-electron chi connectivity index (χ4n) is 0.579. The number of hydrogen-bond acceptors (Lipinski definition) is 3. The van der Waals surface area contributed by atoms with Crippen LogP contribution in [0.5, 0.6) is 0 Å². The Morgan fingerprint density at radius 3 is 2.53 bits per heavy atom. The van der Waals surface area contributed by atoms with Crippen molar-refractivity contribution in [2.24, 2.45) is 0 Å². The highest BCUT2D eigenvalue weighted by Gasteiger charge is 2.30. The van der Waals surface area contributed by atoms with E-state index >= 15 is 0 Å². The summed E-state index contributed by atoms with van der Waals surface area (Å²) in [5, 5.41) is 0. The summed E-state index contributed by atoms with van der Waals surface area (Å²) in [6.07, 6.45) is 1.53. The van der Waals surface area contributed by atoms with Crippen molar-refractivity contribution >= 4 is 7.82 Å². The lowest BCUT2D eigenvalue weighted by Crippen LogP contribution is -2.11. The van der Waals surface area contributed by atoms with E-state index in [1.807, 2.05) is 6.11 Å². The molecule has 0 aromatic carbocycles. The standard InChI is InChI=1S/C9H10F3O4P/c1-2-3-4-5-7-15-17(13,14)16-8-6-9(10,11)12/h1H,3-4,6,8H2,(H,13,14). The van der Waals surface area contributed by atoms with E-state index < -0.39 is 27.0 Å². The Kier molecular flexibility index (Phi) is 6.75. The van der Waals surface area contributed by atoms with Gasteiger partial charge in [0.25, 0.3) is 0 Å². The van der Waals surface area contributed by atoms with Gasteiger partial charge in [-0.15, -0.1) is 12.3 Å². The van der Waals surface area contributed by atoms with Crippen molar-refractivity contribution in [3.63, 3.8) is 0 Å². The van der Waals surface area contributed by atoms with E-state index in [0.29, 0.717) is 6.42 Å². The molecule has 0 amide bonds. The van der Waals surface area contributed by atoms with Crippen LogP contribution in [0.2, 0.25) is 0 Å². The summed E-state index contributed by atoms with van der Waals surface area (Å²) in [5.74, 6) is 4.57. The Labute approximate surface area is 96.7 Å². The Morgan fingerprint density at radius 2 is 2.00 bits per heavy atom. The van der Waals surface area contributed by atoms with Gasteiger partial charge >= 0.3 is 14.0 Å². The van der Waals surface area contributed by atoms with Crippen molar-refractivity contribution in [3.8, 4) is 24.4 Å². The molecular formula is C9H10F3O4P. The minimum Gasteiger partial charge on any atom is -0.350 e. The van der Waals surface area contributed by atoms with E-state index in [0.717, 1.165) is 0 Å². The number of rotatable bonds is 5. The first-order chi connectivity index (χ1) is 7.77. The highest BCUT2D eigenvalue weighted by Crippen LogP contribution is 2.43. The van der Waals surface area contributed by atoms with Gasteiger partial charge in [0.15, 0.2) is 0 Å². The van der Waals surface area contributed by atoms with Crippen molar-refractivity contribution in [1.82, 2.24) is 0 Å².